The second kappa shape index (κ2) is 9.07. The third-order valence-corrected chi connectivity index (χ3v) is 8.13. The molecule has 4 aliphatic rings. The van der Waals surface area contributed by atoms with Crippen molar-refractivity contribution in [1.82, 2.24) is 0 Å². The summed E-state index contributed by atoms with van der Waals surface area (Å²) in [4.78, 5) is 0. The minimum Gasteiger partial charge on any atom is -0.390 e. The van der Waals surface area contributed by atoms with E-state index in [0.717, 1.165) is 23.7 Å². The molecule has 0 amide bonds. The Morgan fingerprint density at radius 3 is 1.70 bits per heavy atom. The minimum absolute atomic E-state index is 0.308. The Balaban J connectivity index is 1.13. The van der Waals surface area contributed by atoms with Crippen LogP contribution in [0.15, 0.2) is 0 Å². The van der Waals surface area contributed by atoms with Gasteiger partial charge in [-0.25, -0.2) is 8.78 Å². The summed E-state index contributed by atoms with van der Waals surface area (Å²) < 4.78 is 33.4. The Bertz CT molecular complexity index is 453. The molecule has 4 heteroatoms. The van der Waals surface area contributed by atoms with Crippen LogP contribution in [0, 0.1) is 29.6 Å². The molecule has 4 saturated carbocycles. The summed E-state index contributed by atoms with van der Waals surface area (Å²) in [6.45, 7) is 0.564. The van der Waals surface area contributed by atoms with Gasteiger partial charge in [0.1, 0.15) is 0 Å². The van der Waals surface area contributed by atoms with Gasteiger partial charge in [-0.05, 0) is 87.4 Å². The normalized spacial score (nSPS) is 46.3. The van der Waals surface area contributed by atoms with Gasteiger partial charge in [0.25, 0.3) is 0 Å². The maximum absolute atomic E-state index is 14.0. The SMILES string of the molecule is OC1CCC(OCC2CCC(C3CCC(CC4CC4)CC3)CC2)C(F)C1F. The van der Waals surface area contributed by atoms with Gasteiger partial charge in [0.05, 0.1) is 12.2 Å². The highest BCUT2D eigenvalue weighted by Gasteiger charge is 2.40. The zero-order chi connectivity index (χ0) is 18.8. The third kappa shape index (κ3) is 5.23. The average molecular weight is 385 g/mol. The second-order valence-corrected chi connectivity index (χ2v) is 10.1. The van der Waals surface area contributed by atoms with Crippen LogP contribution in [0.2, 0.25) is 0 Å². The number of halogens is 2. The van der Waals surface area contributed by atoms with Crippen LogP contribution in [0.5, 0.6) is 0 Å². The first-order valence-corrected chi connectivity index (χ1v) is 11.7. The van der Waals surface area contributed by atoms with Crippen molar-refractivity contribution in [3.8, 4) is 0 Å². The lowest BCUT2D eigenvalue weighted by atomic mass is 9.68. The molecule has 0 aromatic heterocycles. The van der Waals surface area contributed by atoms with Crippen molar-refractivity contribution in [2.24, 2.45) is 29.6 Å². The summed E-state index contributed by atoms with van der Waals surface area (Å²) in [5.41, 5.74) is 0. The molecule has 0 aromatic carbocycles. The molecule has 27 heavy (non-hydrogen) atoms. The van der Waals surface area contributed by atoms with Gasteiger partial charge in [0, 0.05) is 6.61 Å². The maximum atomic E-state index is 14.0. The average Bonchev–Trinajstić information content (AvgIpc) is 3.51. The summed E-state index contributed by atoms with van der Waals surface area (Å²) in [5.74, 6) is 4.41. The van der Waals surface area contributed by atoms with E-state index in [0.29, 0.717) is 25.4 Å². The summed E-state index contributed by atoms with van der Waals surface area (Å²) in [5, 5.41) is 9.43. The fourth-order valence-corrected chi connectivity index (χ4v) is 6.05. The van der Waals surface area contributed by atoms with Crippen molar-refractivity contribution in [3.05, 3.63) is 0 Å². The van der Waals surface area contributed by atoms with E-state index in [1.807, 2.05) is 0 Å². The number of aliphatic hydroxyl groups excluding tert-OH is 1. The van der Waals surface area contributed by atoms with Crippen molar-refractivity contribution >= 4 is 0 Å². The largest absolute Gasteiger partial charge is 0.390 e. The van der Waals surface area contributed by atoms with Gasteiger partial charge >= 0.3 is 0 Å². The molecule has 2 nitrogen and oxygen atoms in total. The Labute approximate surface area is 163 Å². The van der Waals surface area contributed by atoms with Gasteiger partial charge in [0.2, 0.25) is 0 Å². The standard InChI is InChI=1S/C23H38F2O2/c24-22-20(26)11-12-21(23(22)25)27-14-17-5-9-19(10-6-17)18-7-3-16(4-8-18)13-15-1-2-15/h15-23,26H,1-14H2. The van der Waals surface area contributed by atoms with E-state index < -0.39 is 24.6 Å². The summed E-state index contributed by atoms with van der Waals surface area (Å²) in [6, 6.07) is 0. The number of aliphatic hydroxyl groups is 1. The van der Waals surface area contributed by atoms with E-state index in [9.17, 15) is 13.9 Å². The fourth-order valence-electron chi connectivity index (χ4n) is 6.05. The summed E-state index contributed by atoms with van der Waals surface area (Å²) >= 11 is 0. The van der Waals surface area contributed by atoms with Gasteiger partial charge < -0.3 is 9.84 Å². The summed E-state index contributed by atoms with van der Waals surface area (Å²) in [6.07, 6.45) is 10.7. The molecule has 4 aliphatic carbocycles. The monoisotopic (exact) mass is 384 g/mol. The van der Waals surface area contributed by atoms with Gasteiger partial charge in [-0.3, -0.25) is 0 Å². The van der Waals surface area contributed by atoms with E-state index in [4.69, 9.17) is 4.74 Å². The van der Waals surface area contributed by atoms with E-state index in [1.54, 1.807) is 0 Å². The molecule has 1 N–H and O–H groups in total. The van der Waals surface area contributed by atoms with Gasteiger partial charge in [-0.2, -0.15) is 0 Å². The van der Waals surface area contributed by atoms with Crippen LogP contribution in [-0.4, -0.2) is 36.3 Å². The van der Waals surface area contributed by atoms with Crippen LogP contribution in [0.25, 0.3) is 0 Å². The van der Waals surface area contributed by atoms with Crippen LogP contribution in [0.3, 0.4) is 0 Å². The lowest BCUT2D eigenvalue weighted by Gasteiger charge is -2.38. The van der Waals surface area contributed by atoms with Crippen molar-refractivity contribution in [2.75, 3.05) is 6.61 Å². The molecular weight excluding hydrogens is 346 g/mol. The predicted molar refractivity (Wildman–Crippen MR) is 103 cm³/mol. The van der Waals surface area contributed by atoms with E-state index in [-0.39, 0.29) is 0 Å². The van der Waals surface area contributed by atoms with Crippen LogP contribution in [0.1, 0.15) is 83.5 Å². The lowest BCUT2D eigenvalue weighted by Crippen LogP contribution is -2.46. The van der Waals surface area contributed by atoms with Gasteiger partial charge in [-0.15, -0.1) is 0 Å². The van der Waals surface area contributed by atoms with Crippen LogP contribution >= 0.6 is 0 Å². The molecule has 0 aliphatic heterocycles. The van der Waals surface area contributed by atoms with Gasteiger partial charge in [-0.1, -0.05) is 25.7 Å². The molecule has 156 valence electrons. The molecular formula is C23H38F2O2. The van der Waals surface area contributed by atoms with Crippen LogP contribution in [-0.2, 0) is 4.74 Å². The Hall–Kier alpha value is -0.220. The predicted octanol–water partition coefficient (Wildman–Crippen LogP) is 5.62. The van der Waals surface area contributed by atoms with Crippen molar-refractivity contribution < 1.29 is 18.6 Å². The van der Waals surface area contributed by atoms with Crippen LogP contribution < -0.4 is 0 Å². The molecule has 0 bridgehead atoms. The smallest absolute Gasteiger partial charge is 0.160 e. The molecule has 4 atom stereocenters. The lowest BCUT2D eigenvalue weighted by molar-refractivity contribution is -0.106. The molecule has 0 spiro atoms. The van der Waals surface area contributed by atoms with Crippen molar-refractivity contribution in [2.45, 2.75) is 108 Å². The second-order valence-electron chi connectivity index (χ2n) is 10.1. The number of ether oxygens (including phenoxy) is 1. The van der Waals surface area contributed by atoms with Crippen molar-refractivity contribution in [1.29, 1.82) is 0 Å². The minimum atomic E-state index is -1.78. The van der Waals surface area contributed by atoms with E-state index in [1.165, 1.54) is 70.6 Å². The molecule has 0 heterocycles. The molecule has 4 fully saturated rings. The fraction of sp³-hybridized carbons (Fsp3) is 1.00. The highest BCUT2D eigenvalue weighted by atomic mass is 19.2. The number of hydrogen-bond donors (Lipinski definition) is 1. The first-order chi connectivity index (χ1) is 13.1. The third-order valence-electron chi connectivity index (χ3n) is 8.13. The maximum Gasteiger partial charge on any atom is 0.160 e. The molecule has 0 aromatic rings. The molecule has 4 unspecified atom stereocenters. The van der Waals surface area contributed by atoms with Crippen molar-refractivity contribution in [3.63, 3.8) is 0 Å². The van der Waals surface area contributed by atoms with E-state index >= 15 is 0 Å². The van der Waals surface area contributed by atoms with Gasteiger partial charge in [0.15, 0.2) is 12.3 Å². The first-order valence-electron chi connectivity index (χ1n) is 11.7. The number of rotatable bonds is 6. The number of alkyl halides is 2. The summed E-state index contributed by atoms with van der Waals surface area (Å²) in [7, 11) is 0. The Kier molecular flexibility index (Phi) is 6.74. The first kappa shape index (κ1) is 20.1. The van der Waals surface area contributed by atoms with Crippen LogP contribution in [0.4, 0.5) is 8.78 Å². The molecule has 0 radical (unpaired) electrons. The van der Waals surface area contributed by atoms with E-state index in [2.05, 4.69) is 0 Å². The Morgan fingerprint density at radius 1 is 0.630 bits per heavy atom. The number of hydrogen-bond acceptors (Lipinski definition) is 2. The topological polar surface area (TPSA) is 29.5 Å². The molecule has 4 rings (SSSR count). The Morgan fingerprint density at radius 2 is 1.15 bits per heavy atom. The zero-order valence-electron chi connectivity index (χ0n) is 16.7. The highest BCUT2D eigenvalue weighted by molar-refractivity contribution is 4.89. The molecule has 0 saturated heterocycles. The quantitative estimate of drug-likeness (QED) is 0.644. The zero-order valence-corrected chi connectivity index (χ0v) is 16.7. The highest BCUT2D eigenvalue weighted by Crippen LogP contribution is 2.45.